The Balaban J connectivity index is 1.29. The number of esters is 1. The largest absolute Gasteiger partial charge is 0.459 e. The third-order valence-electron chi connectivity index (χ3n) is 6.03. The van der Waals surface area contributed by atoms with Crippen LogP contribution in [0, 0.1) is 0 Å². The van der Waals surface area contributed by atoms with Crippen molar-refractivity contribution in [2.75, 3.05) is 18.7 Å². The molecule has 36 heavy (non-hydrogen) atoms. The minimum absolute atomic E-state index is 0.0133. The molecule has 0 saturated carbocycles. The first kappa shape index (κ1) is 23.2. The van der Waals surface area contributed by atoms with Gasteiger partial charge >= 0.3 is 5.97 Å². The molecule has 2 aromatic carbocycles. The van der Waals surface area contributed by atoms with E-state index in [1.54, 1.807) is 6.07 Å². The van der Waals surface area contributed by atoms with Gasteiger partial charge in [-0.15, -0.1) is 0 Å². The summed E-state index contributed by atoms with van der Waals surface area (Å²) < 4.78 is 21.1. The summed E-state index contributed by atoms with van der Waals surface area (Å²) >= 11 is 0. The van der Waals surface area contributed by atoms with Crippen LogP contribution in [0.1, 0.15) is 39.0 Å². The van der Waals surface area contributed by atoms with Crippen LogP contribution >= 0.6 is 0 Å². The van der Waals surface area contributed by atoms with Crippen molar-refractivity contribution in [3.05, 3.63) is 77.2 Å². The van der Waals surface area contributed by atoms with Crippen LogP contribution in [0.5, 0.6) is 11.5 Å². The topological polar surface area (TPSA) is 124 Å². The van der Waals surface area contributed by atoms with Crippen LogP contribution < -0.4 is 14.8 Å². The quantitative estimate of drug-likeness (QED) is 0.413. The second-order valence-corrected chi connectivity index (χ2v) is 8.36. The third-order valence-corrected chi connectivity index (χ3v) is 6.03. The molecular formula is C26H22N2O8. The Kier molecular flexibility index (Phi) is 6.16. The van der Waals surface area contributed by atoms with E-state index in [1.807, 2.05) is 24.3 Å². The van der Waals surface area contributed by atoms with E-state index in [4.69, 9.17) is 18.6 Å². The summed E-state index contributed by atoms with van der Waals surface area (Å²) in [7, 11) is 0. The maximum atomic E-state index is 13.1. The maximum Gasteiger partial charge on any atom is 0.329 e. The van der Waals surface area contributed by atoms with E-state index in [0.717, 1.165) is 11.1 Å². The molecule has 0 fully saturated rings. The lowest BCUT2D eigenvalue weighted by Gasteiger charge is -2.34. The minimum Gasteiger partial charge on any atom is -0.459 e. The number of benzene rings is 2. The van der Waals surface area contributed by atoms with Gasteiger partial charge < -0.3 is 28.8 Å². The van der Waals surface area contributed by atoms with Crippen LogP contribution in [0.15, 0.2) is 59.2 Å². The summed E-state index contributed by atoms with van der Waals surface area (Å²) in [4.78, 5) is 52.1. The minimum atomic E-state index is -0.941. The molecule has 0 radical (unpaired) electrons. The lowest BCUT2D eigenvalue weighted by atomic mass is 9.93. The van der Waals surface area contributed by atoms with Crippen LogP contribution in [-0.2, 0) is 27.3 Å². The second-order valence-electron chi connectivity index (χ2n) is 8.36. The van der Waals surface area contributed by atoms with Crippen molar-refractivity contribution in [1.29, 1.82) is 0 Å². The van der Waals surface area contributed by atoms with Gasteiger partial charge in [0.2, 0.25) is 6.79 Å². The zero-order valence-corrected chi connectivity index (χ0v) is 19.3. The van der Waals surface area contributed by atoms with Gasteiger partial charge in [-0.1, -0.05) is 24.3 Å². The fourth-order valence-electron chi connectivity index (χ4n) is 4.24. The summed E-state index contributed by atoms with van der Waals surface area (Å²) in [5.74, 6) is -1.21. The normalized spacial score (nSPS) is 15.7. The lowest BCUT2D eigenvalue weighted by molar-refractivity contribution is -0.152. The third kappa shape index (κ3) is 4.52. The van der Waals surface area contributed by atoms with Crippen molar-refractivity contribution in [3.8, 4) is 11.5 Å². The molecule has 0 aliphatic carbocycles. The number of fused-ring (bicyclic) bond motifs is 2. The van der Waals surface area contributed by atoms with E-state index in [0.29, 0.717) is 11.5 Å². The zero-order valence-electron chi connectivity index (χ0n) is 19.3. The van der Waals surface area contributed by atoms with Crippen LogP contribution in [-0.4, -0.2) is 47.9 Å². The summed E-state index contributed by atoms with van der Waals surface area (Å²) in [6.07, 6.45) is 1.62. The monoisotopic (exact) mass is 490 g/mol. The Hall–Kier alpha value is -4.60. The molecule has 1 N–H and O–H groups in total. The van der Waals surface area contributed by atoms with Crippen molar-refractivity contribution >= 4 is 29.3 Å². The lowest BCUT2D eigenvalue weighted by Crippen LogP contribution is -2.49. The number of carbonyl (C=O) groups excluding carboxylic acids is 4. The Morgan fingerprint density at radius 1 is 1.03 bits per heavy atom. The van der Waals surface area contributed by atoms with Gasteiger partial charge in [0, 0.05) is 24.6 Å². The standard InChI is InChI=1S/C26H22N2O8/c1-15(29)18-10-22-23(36-14-35-22)11-19(18)27-24(30)13-34-26(32)20-9-16-5-2-3-6-17(16)12-28(20)25(31)21-7-4-8-33-21/h2-8,10-11,20H,9,12-14H2,1H3,(H,27,30)/t20-/m0/s1. The molecule has 0 unspecified atom stereocenters. The fourth-order valence-corrected chi connectivity index (χ4v) is 4.24. The molecule has 3 heterocycles. The number of nitrogens with one attached hydrogen (secondary N) is 1. The number of Topliss-reactive ketones (excluding diaryl/α,β-unsaturated/α-hetero) is 1. The second kappa shape index (κ2) is 9.57. The number of amides is 2. The maximum absolute atomic E-state index is 13.1. The predicted octanol–water partition coefficient (Wildman–Crippen LogP) is 2.96. The SMILES string of the molecule is CC(=O)c1cc2c(cc1NC(=O)COC(=O)[C@@H]1Cc3ccccc3CN1C(=O)c1ccco1)OCO2. The average Bonchev–Trinajstić information content (AvgIpc) is 3.57. The highest BCUT2D eigenvalue weighted by molar-refractivity contribution is 6.05. The molecule has 2 amide bonds. The highest BCUT2D eigenvalue weighted by Crippen LogP contribution is 2.37. The highest BCUT2D eigenvalue weighted by Gasteiger charge is 2.37. The van der Waals surface area contributed by atoms with E-state index in [-0.39, 0.29) is 42.6 Å². The van der Waals surface area contributed by atoms with Gasteiger partial charge in [0.05, 0.1) is 12.0 Å². The number of hydrogen-bond donors (Lipinski definition) is 1. The number of anilines is 1. The van der Waals surface area contributed by atoms with Crippen LogP contribution in [0.3, 0.4) is 0 Å². The van der Waals surface area contributed by atoms with E-state index in [1.165, 1.54) is 36.3 Å². The van der Waals surface area contributed by atoms with Crippen molar-refractivity contribution in [2.45, 2.75) is 25.9 Å². The first-order chi connectivity index (χ1) is 17.4. The van der Waals surface area contributed by atoms with E-state index < -0.39 is 30.4 Å². The molecule has 3 aromatic rings. The summed E-state index contributed by atoms with van der Waals surface area (Å²) in [6, 6.07) is 12.7. The number of ketones is 1. The van der Waals surface area contributed by atoms with E-state index in [2.05, 4.69) is 5.32 Å². The highest BCUT2D eigenvalue weighted by atomic mass is 16.7. The van der Waals surface area contributed by atoms with Crippen molar-refractivity contribution in [2.24, 2.45) is 0 Å². The van der Waals surface area contributed by atoms with Crippen molar-refractivity contribution < 1.29 is 37.8 Å². The Labute approximate surface area is 205 Å². The van der Waals surface area contributed by atoms with E-state index >= 15 is 0 Å². The van der Waals surface area contributed by atoms with Crippen LogP contribution in [0.2, 0.25) is 0 Å². The first-order valence-corrected chi connectivity index (χ1v) is 11.2. The molecule has 0 bridgehead atoms. The average molecular weight is 490 g/mol. The Morgan fingerprint density at radius 2 is 1.78 bits per heavy atom. The number of ether oxygens (including phenoxy) is 3. The molecule has 184 valence electrons. The molecule has 1 aromatic heterocycles. The predicted molar refractivity (Wildman–Crippen MR) is 125 cm³/mol. The van der Waals surface area contributed by atoms with Gasteiger partial charge in [0.15, 0.2) is 29.6 Å². The molecular weight excluding hydrogens is 468 g/mol. The fraction of sp³-hybridized carbons (Fsp3) is 0.231. The van der Waals surface area contributed by atoms with Crippen molar-refractivity contribution in [3.63, 3.8) is 0 Å². The van der Waals surface area contributed by atoms with Gasteiger partial charge in [-0.05, 0) is 36.2 Å². The molecule has 2 aliphatic heterocycles. The number of carbonyl (C=O) groups is 4. The molecule has 2 aliphatic rings. The zero-order chi connectivity index (χ0) is 25.2. The number of rotatable bonds is 6. The molecule has 0 spiro atoms. The number of nitrogens with zero attached hydrogens (tertiary/aromatic N) is 1. The Morgan fingerprint density at radius 3 is 2.50 bits per heavy atom. The summed E-state index contributed by atoms with van der Waals surface area (Å²) in [6.45, 7) is 0.963. The summed E-state index contributed by atoms with van der Waals surface area (Å²) in [5, 5.41) is 2.58. The molecule has 1 atom stereocenters. The van der Waals surface area contributed by atoms with Gasteiger partial charge in [-0.3, -0.25) is 14.4 Å². The first-order valence-electron chi connectivity index (χ1n) is 11.2. The number of hydrogen-bond acceptors (Lipinski definition) is 8. The molecule has 10 nitrogen and oxygen atoms in total. The number of furan rings is 1. The Bertz CT molecular complexity index is 1350. The van der Waals surface area contributed by atoms with Gasteiger partial charge in [0.25, 0.3) is 11.8 Å². The smallest absolute Gasteiger partial charge is 0.329 e. The molecule has 5 rings (SSSR count). The van der Waals surface area contributed by atoms with Crippen LogP contribution in [0.4, 0.5) is 5.69 Å². The molecule has 10 heteroatoms. The summed E-state index contributed by atoms with van der Waals surface area (Å²) in [5.41, 5.74) is 2.28. The van der Waals surface area contributed by atoms with Crippen molar-refractivity contribution in [1.82, 2.24) is 4.90 Å². The van der Waals surface area contributed by atoms with Gasteiger partial charge in [0.1, 0.15) is 6.04 Å². The van der Waals surface area contributed by atoms with Crippen LogP contribution in [0.25, 0.3) is 0 Å². The van der Waals surface area contributed by atoms with E-state index in [9.17, 15) is 19.2 Å². The molecule has 0 saturated heterocycles. The van der Waals surface area contributed by atoms with Gasteiger partial charge in [-0.2, -0.15) is 0 Å². The van der Waals surface area contributed by atoms with Gasteiger partial charge in [-0.25, -0.2) is 4.79 Å².